The lowest BCUT2D eigenvalue weighted by Crippen LogP contribution is -2.50. The average Bonchev–Trinajstić information content (AvgIpc) is 2.59. The van der Waals surface area contributed by atoms with E-state index in [-0.39, 0.29) is 18.2 Å². The summed E-state index contributed by atoms with van der Waals surface area (Å²) in [5.74, 6) is 0.441. The van der Waals surface area contributed by atoms with E-state index in [0.29, 0.717) is 25.6 Å². The fourth-order valence-corrected chi connectivity index (χ4v) is 3.38. The lowest BCUT2D eigenvalue weighted by Gasteiger charge is -2.37. The number of carbonyl (C=O) groups is 1. The van der Waals surface area contributed by atoms with Crippen LogP contribution in [0.4, 0.5) is 0 Å². The molecule has 0 radical (unpaired) electrons. The SMILES string of the molecule is C[C@@H]1CN(Cc2ccccn2)CC[C@@H]1NC(=O)CC1OCCCO1. The van der Waals surface area contributed by atoms with Crippen molar-refractivity contribution in [3.05, 3.63) is 30.1 Å². The van der Waals surface area contributed by atoms with Crippen LogP contribution in [0.25, 0.3) is 0 Å². The van der Waals surface area contributed by atoms with Gasteiger partial charge >= 0.3 is 0 Å². The second kappa shape index (κ2) is 8.55. The highest BCUT2D eigenvalue weighted by atomic mass is 16.7. The number of hydrogen-bond acceptors (Lipinski definition) is 5. The zero-order chi connectivity index (χ0) is 16.8. The molecule has 1 amide bonds. The molecule has 0 unspecified atom stereocenters. The van der Waals surface area contributed by atoms with Crippen molar-refractivity contribution in [2.45, 2.75) is 45.1 Å². The molecule has 3 rings (SSSR count). The van der Waals surface area contributed by atoms with Crippen molar-refractivity contribution in [3.8, 4) is 0 Å². The fraction of sp³-hybridized carbons (Fsp3) is 0.667. The van der Waals surface area contributed by atoms with Gasteiger partial charge in [-0.1, -0.05) is 13.0 Å². The summed E-state index contributed by atoms with van der Waals surface area (Å²) in [6, 6.07) is 6.24. The summed E-state index contributed by atoms with van der Waals surface area (Å²) in [7, 11) is 0. The molecule has 0 aromatic carbocycles. The monoisotopic (exact) mass is 333 g/mol. The van der Waals surface area contributed by atoms with Crippen molar-refractivity contribution in [1.29, 1.82) is 0 Å². The molecule has 0 spiro atoms. The van der Waals surface area contributed by atoms with Crippen molar-refractivity contribution in [3.63, 3.8) is 0 Å². The Bertz CT molecular complexity index is 520. The zero-order valence-electron chi connectivity index (χ0n) is 14.3. The molecule has 2 aliphatic rings. The minimum Gasteiger partial charge on any atom is -0.353 e. The first-order chi connectivity index (χ1) is 11.7. The van der Waals surface area contributed by atoms with Crippen molar-refractivity contribution in [1.82, 2.24) is 15.2 Å². The number of carbonyl (C=O) groups excluding carboxylic acids is 1. The first-order valence-corrected chi connectivity index (χ1v) is 8.85. The normalized spacial score (nSPS) is 26.2. The van der Waals surface area contributed by atoms with Gasteiger partial charge in [0.1, 0.15) is 0 Å². The van der Waals surface area contributed by atoms with E-state index in [1.54, 1.807) is 0 Å². The number of nitrogens with zero attached hydrogens (tertiary/aromatic N) is 2. The van der Waals surface area contributed by atoms with Gasteiger partial charge in [0.05, 0.1) is 25.3 Å². The summed E-state index contributed by atoms with van der Waals surface area (Å²) < 4.78 is 10.9. The fourth-order valence-electron chi connectivity index (χ4n) is 3.38. The standard InChI is InChI=1S/C18H27N3O3/c1-14-12-21(13-15-5-2-3-7-19-15)8-6-16(14)20-17(22)11-18-23-9-4-10-24-18/h2-3,5,7,14,16,18H,4,6,8-13H2,1H3,(H,20,22)/t14-,16+/m1/s1. The second-order valence-electron chi connectivity index (χ2n) is 6.72. The van der Waals surface area contributed by atoms with Crippen molar-refractivity contribution in [2.75, 3.05) is 26.3 Å². The van der Waals surface area contributed by atoms with Crippen molar-refractivity contribution in [2.24, 2.45) is 5.92 Å². The van der Waals surface area contributed by atoms with Gasteiger partial charge in [0.25, 0.3) is 0 Å². The summed E-state index contributed by atoms with van der Waals surface area (Å²) in [4.78, 5) is 19.0. The Morgan fingerprint density at radius 3 is 2.92 bits per heavy atom. The number of ether oxygens (including phenoxy) is 2. The molecule has 0 saturated carbocycles. The van der Waals surface area contributed by atoms with Gasteiger partial charge in [-0.15, -0.1) is 0 Å². The van der Waals surface area contributed by atoms with Crippen molar-refractivity contribution < 1.29 is 14.3 Å². The number of likely N-dealkylation sites (tertiary alicyclic amines) is 1. The number of aromatic nitrogens is 1. The number of pyridine rings is 1. The van der Waals surface area contributed by atoms with E-state index in [0.717, 1.165) is 38.2 Å². The maximum atomic E-state index is 12.2. The van der Waals surface area contributed by atoms with Crippen LogP contribution in [0.5, 0.6) is 0 Å². The molecule has 0 aliphatic carbocycles. The summed E-state index contributed by atoms with van der Waals surface area (Å²) in [5.41, 5.74) is 1.10. The van der Waals surface area contributed by atoms with Gasteiger partial charge in [0.2, 0.25) is 5.91 Å². The van der Waals surface area contributed by atoms with Gasteiger partial charge in [0, 0.05) is 31.9 Å². The van der Waals surface area contributed by atoms with E-state index in [9.17, 15) is 4.79 Å². The molecule has 2 fully saturated rings. The Labute approximate surface area is 143 Å². The smallest absolute Gasteiger partial charge is 0.225 e. The Kier molecular flexibility index (Phi) is 6.18. The Hall–Kier alpha value is -1.50. The summed E-state index contributed by atoms with van der Waals surface area (Å²) in [6.07, 6.45) is 3.62. The van der Waals surface area contributed by atoms with Crippen LogP contribution in [-0.4, -0.2) is 54.4 Å². The van der Waals surface area contributed by atoms with Gasteiger partial charge in [-0.05, 0) is 30.9 Å². The molecule has 1 aromatic heterocycles. The Morgan fingerprint density at radius 2 is 2.21 bits per heavy atom. The van der Waals surface area contributed by atoms with Gasteiger partial charge in [-0.2, -0.15) is 0 Å². The lowest BCUT2D eigenvalue weighted by atomic mass is 9.93. The molecular weight excluding hydrogens is 306 g/mol. The Morgan fingerprint density at radius 1 is 1.38 bits per heavy atom. The average molecular weight is 333 g/mol. The predicted molar refractivity (Wildman–Crippen MR) is 90.2 cm³/mol. The van der Waals surface area contributed by atoms with Gasteiger partial charge < -0.3 is 14.8 Å². The third-order valence-electron chi connectivity index (χ3n) is 4.70. The molecule has 1 aromatic rings. The molecule has 2 atom stereocenters. The van der Waals surface area contributed by atoms with Gasteiger partial charge in [-0.3, -0.25) is 14.7 Å². The van der Waals surface area contributed by atoms with Crippen LogP contribution in [0.2, 0.25) is 0 Å². The van der Waals surface area contributed by atoms with Gasteiger partial charge in [-0.25, -0.2) is 0 Å². The molecule has 6 heteroatoms. The molecule has 24 heavy (non-hydrogen) atoms. The van der Waals surface area contributed by atoms with E-state index in [1.807, 2.05) is 18.3 Å². The molecule has 2 saturated heterocycles. The molecule has 1 N–H and O–H groups in total. The second-order valence-corrected chi connectivity index (χ2v) is 6.72. The zero-order valence-corrected chi connectivity index (χ0v) is 14.3. The first kappa shape index (κ1) is 17.3. The quantitative estimate of drug-likeness (QED) is 0.886. The molecule has 3 heterocycles. The largest absolute Gasteiger partial charge is 0.353 e. The highest BCUT2D eigenvalue weighted by Crippen LogP contribution is 2.19. The van der Waals surface area contributed by atoms with Crippen LogP contribution in [0.1, 0.15) is 31.9 Å². The van der Waals surface area contributed by atoms with Crippen LogP contribution < -0.4 is 5.32 Å². The minimum atomic E-state index is -0.377. The van der Waals surface area contributed by atoms with Crippen LogP contribution in [-0.2, 0) is 20.8 Å². The molecular formula is C18H27N3O3. The van der Waals surface area contributed by atoms with E-state index in [4.69, 9.17) is 9.47 Å². The summed E-state index contributed by atoms with van der Waals surface area (Å²) >= 11 is 0. The molecule has 132 valence electrons. The molecule has 0 bridgehead atoms. The summed E-state index contributed by atoms with van der Waals surface area (Å²) in [6.45, 7) is 6.37. The van der Waals surface area contributed by atoms with E-state index in [1.165, 1.54) is 0 Å². The number of hydrogen-bond donors (Lipinski definition) is 1. The third kappa shape index (κ3) is 5.00. The maximum absolute atomic E-state index is 12.2. The Balaban J connectivity index is 1.42. The number of amides is 1. The first-order valence-electron chi connectivity index (χ1n) is 8.85. The van der Waals surface area contributed by atoms with Crippen LogP contribution in [0, 0.1) is 5.92 Å². The number of piperidine rings is 1. The predicted octanol–water partition coefficient (Wildman–Crippen LogP) is 1.56. The molecule has 6 nitrogen and oxygen atoms in total. The number of rotatable bonds is 5. The van der Waals surface area contributed by atoms with E-state index in [2.05, 4.69) is 28.2 Å². The van der Waals surface area contributed by atoms with Crippen LogP contribution in [0.15, 0.2) is 24.4 Å². The number of nitrogens with one attached hydrogen (secondary N) is 1. The highest BCUT2D eigenvalue weighted by Gasteiger charge is 2.28. The third-order valence-corrected chi connectivity index (χ3v) is 4.70. The van der Waals surface area contributed by atoms with Crippen molar-refractivity contribution >= 4 is 5.91 Å². The van der Waals surface area contributed by atoms with E-state index < -0.39 is 0 Å². The minimum absolute atomic E-state index is 0.0249. The van der Waals surface area contributed by atoms with Crippen LogP contribution in [0.3, 0.4) is 0 Å². The highest BCUT2D eigenvalue weighted by molar-refractivity contribution is 5.76. The van der Waals surface area contributed by atoms with Gasteiger partial charge in [0.15, 0.2) is 6.29 Å². The maximum Gasteiger partial charge on any atom is 0.225 e. The lowest BCUT2D eigenvalue weighted by molar-refractivity contribution is -0.184. The summed E-state index contributed by atoms with van der Waals surface area (Å²) in [5, 5.41) is 3.16. The topological polar surface area (TPSA) is 63.7 Å². The van der Waals surface area contributed by atoms with E-state index >= 15 is 0 Å². The van der Waals surface area contributed by atoms with Crippen LogP contribution >= 0.6 is 0 Å². The molecule has 2 aliphatic heterocycles.